The lowest BCUT2D eigenvalue weighted by Gasteiger charge is -2.67. The summed E-state index contributed by atoms with van der Waals surface area (Å²) in [6, 6.07) is 6.60. The molecule has 1 amide bonds. The number of esters is 4. The standard InChI is InChI=1S/C41H53NO15/c1-20-25(55-36(49)30(46)29(42-37(50)51)23-13-9-7-10-14-23)18-41(52)34(56-35(48)24-15-11-8-12-16-24)32-39(6,26(45)17-27-40(32,19-53-27)57-22(3)44)33(47)31(54-21(2)43)28(20)38(41,4)5/h8,11-12,15-16,20,23,25-27,29-30,32,34,42,45-46,52H,7,9-10,13-14,17-19H2,1-6H3,(H,50,51)/t20?,25-,26-,27+,29-,30+,32-,34-,39+,40-,41+/m0/s1. The van der Waals surface area contributed by atoms with E-state index in [9.17, 15) is 44.4 Å². The summed E-state index contributed by atoms with van der Waals surface area (Å²) in [5.74, 6) is -8.26. The number of carbonyl (C=O) groups excluding carboxylic acids is 5. The minimum atomic E-state index is -2.38. The molecule has 5 aliphatic rings. The van der Waals surface area contributed by atoms with Gasteiger partial charge in [-0.2, -0.15) is 0 Å². The number of carboxylic acid groups (broad SMARTS) is 1. The number of carbonyl (C=O) groups is 6. The van der Waals surface area contributed by atoms with Crippen LogP contribution in [0.4, 0.5) is 4.79 Å². The number of hydrogen-bond donors (Lipinski definition) is 5. The van der Waals surface area contributed by atoms with Crippen LogP contribution in [0.1, 0.15) is 96.8 Å². The average molecular weight is 800 g/mol. The minimum Gasteiger partial charge on any atom is -0.465 e. The lowest BCUT2D eigenvalue weighted by molar-refractivity contribution is -0.345. The van der Waals surface area contributed by atoms with Gasteiger partial charge >= 0.3 is 30.0 Å². The zero-order chi connectivity index (χ0) is 41.8. The zero-order valence-corrected chi connectivity index (χ0v) is 33.0. The molecule has 6 rings (SSSR count). The second kappa shape index (κ2) is 15.4. The van der Waals surface area contributed by atoms with Gasteiger partial charge in [-0.15, -0.1) is 0 Å². The number of nitrogens with one attached hydrogen (secondary N) is 1. The quantitative estimate of drug-likeness (QED) is 0.178. The van der Waals surface area contributed by atoms with Crippen molar-refractivity contribution in [3.05, 3.63) is 47.2 Å². The molecule has 57 heavy (non-hydrogen) atoms. The predicted molar refractivity (Wildman–Crippen MR) is 196 cm³/mol. The highest BCUT2D eigenvalue weighted by Gasteiger charge is 2.78. The number of Topliss-reactive ketones (excluding diaryl/α,β-unsaturated/α-hetero) is 1. The highest BCUT2D eigenvalue weighted by molar-refractivity contribution is 6.02. The van der Waals surface area contributed by atoms with Gasteiger partial charge in [0.1, 0.15) is 23.9 Å². The third-order valence-corrected chi connectivity index (χ3v) is 13.5. The number of fused-ring (bicyclic) bond motifs is 5. The average Bonchev–Trinajstić information content (AvgIpc) is 3.15. The van der Waals surface area contributed by atoms with Gasteiger partial charge in [-0.1, -0.05) is 58.2 Å². The van der Waals surface area contributed by atoms with Crippen molar-refractivity contribution in [2.75, 3.05) is 6.61 Å². The molecular weight excluding hydrogens is 746 g/mol. The van der Waals surface area contributed by atoms with Crippen LogP contribution in [0, 0.1) is 28.6 Å². The molecule has 1 aliphatic heterocycles. The molecule has 1 heterocycles. The summed E-state index contributed by atoms with van der Waals surface area (Å²) < 4.78 is 29.9. The molecular formula is C41H53NO15. The second-order valence-corrected chi connectivity index (χ2v) is 17.1. The van der Waals surface area contributed by atoms with Crippen molar-refractivity contribution in [1.82, 2.24) is 5.32 Å². The first-order valence-electron chi connectivity index (χ1n) is 19.5. The van der Waals surface area contributed by atoms with Crippen LogP contribution in [0.25, 0.3) is 0 Å². The Balaban J connectivity index is 1.56. The van der Waals surface area contributed by atoms with Gasteiger partial charge in [0.15, 0.2) is 17.5 Å². The van der Waals surface area contributed by atoms with E-state index in [-0.39, 0.29) is 30.1 Å². The smallest absolute Gasteiger partial charge is 0.404 e. The first-order valence-corrected chi connectivity index (χ1v) is 19.5. The topological polar surface area (TPSA) is 242 Å². The van der Waals surface area contributed by atoms with Crippen LogP contribution < -0.4 is 5.32 Å². The molecule has 312 valence electrons. The van der Waals surface area contributed by atoms with E-state index in [4.69, 9.17) is 23.7 Å². The number of allylic oxidation sites excluding steroid dienone is 1. The number of hydrogen-bond acceptors (Lipinski definition) is 14. The maximum Gasteiger partial charge on any atom is 0.404 e. The number of benzene rings is 1. The zero-order valence-electron chi connectivity index (χ0n) is 33.0. The molecule has 5 N–H and O–H groups in total. The molecule has 16 heteroatoms. The molecule has 1 aromatic rings. The van der Waals surface area contributed by atoms with Crippen molar-refractivity contribution < 1.29 is 72.9 Å². The maximum atomic E-state index is 15.3. The maximum absolute atomic E-state index is 15.3. The highest BCUT2D eigenvalue weighted by Crippen LogP contribution is 2.65. The third-order valence-electron chi connectivity index (χ3n) is 13.5. The van der Waals surface area contributed by atoms with Crippen LogP contribution in [0.3, 0.4) is 0 Å². The molecule has 4 fully saturated rings. The normalized spacial score (nSPS) is 35.7. The van der Waals surface area contributed by atoms with Crippen molar-refractivity contribution in [2.45, 2.75) is 134 Å². The second-order valence-electron chi connectivity index (χ2n) is 17.1. The van der Waals surface area contributed by atoms with Gasteiger partial charge in [-0.05, 0) is 43.4 Å². The third kappa shape index (κ3) is 7.01. The molecule has 2 bridgehead atoms. The molecule has 1 unspecified atom stereocenters. The van der Waals surface area contributed by atoms with Crippen LogP contribution >= 0.6 is 0 Å². The highest BCUT2D eigenvalue weighted by atomic mass is 16.6. The molecule has 3 saturated carbocycles. The van der Waals surface area contributed by atoms with E-state index in [1.54, 1.807) is 39.0 Å². The van der Waals surface area contributed by atoms with Crippen LogP contribution in [0.2, 0.25) is 0 Å². The van der Waals surface area contributed by atoms with Crippen molar-refractivity contribution in [3.63, 3.8) is 0 Å². The summed E-state index contributed by atoms with van der Waals surface area (Å²) in [4.78, 5) is 81.1. The number of ketones is 1. The fourth-order valence-electron chi connectivity index (χ4n) is 10.5. The Hall–Kier alpha value is -4.38. The van der Waals surface area contributed by atoms with Gasteiger partial charge in [-0.25, -0.2) is 14.4 Å². The van der Waals surface area contributed by atoms with Crippen molar-refractivity contribution >= 4 is 35.8 Å². The van der Waals surface area contributed by atoms with Gasteiger partial charge < -0.3 is 49.4 Å². The summed E-state index contributed by atoms with van der Waals surface area (Å²) in [7, 11) is 0. The SMILES string of the molecule is CC(=O)OC1=C2C(C)[C@@H](OC(=O)[C@H](O)[C@@H](NC(=O)O)C3CCCCC3)C[C@@](O)([C@@H](OC(=O)c3ccccc3)[C@@H]3[C@]4(OC(C)=O)CO[C@@H]4C[C@H](O)[C@@]3(C)C1=O)C2(C)C. The predicted octanol–water partition coefficient (Wildman–Crippen LogP) is 2.99. The van der Waals surface area contributed by atoms with E-state index >= 15 is 4.79 Å². The Labute approximate surface area is 330 Å². The Morgan fingerprint density at radius 1 is 0.965 bits per heavy atom. The Morgan fingerprint density at radius 2 is 1.61 bits per heavy atom. The van der Waals surface area contributed by atoms with Crippen LogP contribution in [-0.2, 0) is 42.9 Å². The van der Waals surface area contributed by atoms with E-state index < -0.39 is 118 Å². The van der Waals surface area contributed by atoms with Gasteiger partial charge in [-0.3, -0.25) is 14.4 Å². The molecule has 1 saturated heterocycles. The van der Waals surface area contributed by atoms with Gasteiger partial charge in [0, 0.05) is 38.0 Å². The molecule has 1 aromatic carbocycles. The molecule has 11 atom stereocenters. The van der Waals surface area contributed by atoms with Crippen LogP contribution in [-0.4, -0.2) is 111 Å². The van der Waals surface area contributed by atoms with E-state index in [2.05, 4.69) is 5.32 Å². The lowest BCUT2D eigenvalue weighted by Crippen LogP contribution is -2.81. The summed E-state index contributed by atoms with van der Waals surface area (Å²) in [6.45, 7) is 7.96. The van der Waals surface area contributed by atoms with Crippen LogP contribution in [0.5, 0.6) is 0 Å². The first-order chi connectivity index (χ1) is 26.7. The fraction of sp³-hybridized carbons (Fsp3) is 0.659. The first kappa shape index (κ1) is 42.2. The van der Waals surface area contributed by atoms with E-state index in [1.807, 2.05) is 0 Å². The Bertz CT molecular complexity index is 1820. The van der Waals surface area contributed by atoms with Crippen molar-refractivity contribution in [3.8, 4) is 0 Å². The molecule has 4 aliphatic carbocycles. The summed E-state index contributed by atoms with van der Waals surface area (Å²) in [5, 5.41) is 48.9. The van der Waals surface area contributed by atoms with E-state index in [1.165, 1.54) is 19.1 Å². The van der Waals surface area contributed by atoms with E-state index in [0.29, 0.717) is 12.8 Å². The Morgan fingerprint density at radius 3 is 2.18 bits per heavy atom. The largest absolute Gasteiger partial charge is 0.465 e. The van der Waals surface area contributed by atoms with Gasteiger partial charge in [0.25, 0.3) is 0 Å². The molecule has 0 aromatic heterocycles. The number of ether oxygens (including phenoxy) is 5. The van der Waals surface area contributed by atoms with Crippen LogP contribution in [0.15, 0.2) is 41.7 Å². The van der Waals surface area contributed by atoms with Gasteiger partial charge in [0.2, 0.25) is 5.78 Å². The molecule has 16 nitrogen and oxygen atoms in total. The number of aliphatic hydroxyl groups is 3. The van der Waals surface area contributed by atoms with Crippen molar-refractivity contribution in [2.24, 2.45) is 28.6 Å². The van der Waals surface area contributed by atoms with Gasteiger partial charge in [0.05, 0.1) is 35.6 Å². The fourth-order valence-corrected chi connectivity index (χ4v) is 10.5. The summed E-state index contributed by atoms with van der Waals surface area (Å²) >= 11 is 0. The summed E-state index contributed by atoms with van der Waals surface area (Å²) in [6.07, 6.45) is -6.39. The summed E-state index contributed by atoms with van der Waals surface area (Å²) in [5.41, 5.74) is -7.79. The number of amides is 1. The monoisotopic (exact) mass is 799 g/mol. The number of rotatable bonds is 9. The Kier molecular flexibility index (Phi) is 11.4. The minimum absolute atomic E-state index is 0.00242. The lowest BCUT2D eigenvalue weighted by atomic mass is 9.45. The number of aliphatic hydroxyl groups excluding tert-OH is 2. The molecule has 0 radical (unpaired) electrons. The van der Waals surface area contributed by atoms with Crippen molar-refractivity contribution in [1.29, 1.82) is 0 Å². The molecule has 0 spiro atoms. The van der Waals surface area contributed by atoms with E-state index in [0.717, 1.165) is 33.1 Å².